The molecule has 20 heteroatoms. The minimum absolute atomic E-state index is 0.0160. The number of pyridine rings is 1. The van der Waals surface area contributed by atoms with E-state index in [1.807, 2.05) is 87.5 Å². The Morgan fingerprint density at radius 3 is 2.37 bits per heavy atom. The van der Waals surface area contributed by atoms with E-state index in [0.29, 0.717) is 61.7 Å². The van der Waals surface area contributed by atoms with Crippen molar-refractivity contribution >= 4 is 62.6 Å². The molecule has 372 valence electrons. The zero-order valence-corrected chi connectivity index (χ0v) is 42.8. The van der Waals surface area contributed by atoms with Crippen molar-refractivity contribution in [2.75, 3.05) is 42.9 Å². The van der Waals surface area contributed by atoms with Gasteiger partial charge in [0.25, 0.3) is 0 Å². The molecule has 2 fully saturated rings. The van der Waals surface area contributed by atoms with Crippen molar-refractivity contribution in [3.05, 3.63) is 83.3 Å². The predicted octanol–water partition coefficient (Wildman–Crippen LogP) is 6.62. The Hall–Kier alpha value is -6.82. The number of likely N-dealkylation sites (tertiary alicyclic amines) is 1. The van der Waals surface area contributed by atoms with Crippen LogP contribution in [0, 0.1) is 23.7 Å². The second kappa shape index (κ2) is 21.7. The molecule has 2 saturated heterocycles. The van der Waals surface area contributed by atoms with Gasteiger partial charge in [0.1, 0.15) is 18.2 Å². The molecule has 0 saturated carbocycles. The van der Waals surface area contributed by atoms with Crippen LogP contribution in [0.25, 0.3) is 37.9 Å². The van der Waals surface area contributed by atoms with Gasteiger partial charge in [-0.2, -0.15) is 10.4 Å². The van der Waals surface area contributed by atoms with Gasteiger partial charge in [-0.1, -0.05) is 56.4 Å². The van der Waals surface area contributed by atoms with Crippen LogP contribution in [-0.4, -0.2) is 125 Å². The van der Waals surface area contributed by atoms with Gasteiger partial charge in [0.15, 0.2) is 5.01 Å². The molecule has 5 aromatic heterocycles. The van der Waals surface area contributed by atoms with Gasteiger partial charge in [-0.05, 0) is 81.3 Å². The summed E-state index contributed by atoms with van der Waals surface area (Å²) in [6.07, 6.45) is 3.92. The van der Waals surface area contributed by atoms with Crippen molar-refractivity contribution in [1.82, 2.24) is 50.2 Å². The summed E-state index contributed by atoms with van der Waals surface area (Å²) < 4.78 is 1.76. The fraction of sp³-hybridized carbons (Fsp3) is 0.451. The number of piperazine rings is 1. The first-order valence-electron chi connectivity index (χ1n) is 24.1. The normalized spacial score (nSPS) is 17.0. The topological polar surface area (TPSA) is 227 Å². The van der Waals surface area contributed by atoms with E-state index < -0.39 is 29.5 Å². The molecular formula is C51H61N13O5S2. The van der Waals surface area contributed by atoms with Crippen LogP contribution in [0.5, 0.6) is 0 Å². The molecule has 6 aromatic rings. The average Bonchev–Trinajstić information content (AvgIpc) is 4.18. The Morgan fingerprint density at radius 1 is 0.930 bits per heavy atom. The number of rotatable bonds is 16. The lowest BCUT2D eigenvalue weighted by molar-refractivity contribution is -0.144. The van der Waals surface area contributed by atoms with Gasteiger partial charge in [0.2, 0.25) is 28.8 Å². The molecule has 2 aliphatic heterocycles. The number of nitriles is 1. The summed E-state index contributed by atoms with van der Waals surface area (Å²) in [6.45, 7) is 15.8. The number of anilines is 2. The van der Waals surface area contributed by atoms with E-state index in [-0.39, 0.29) is 49.2 Å². The third-order valence-electron chi connectivity index (χ3n) is 12.9. The van der Waals surface area contributed by atoms with Crippen molar-refractivity contribution < 1.29 is 24.3 Å². The largest absolute Gasteiger partial charge is 0.391 e. The van der Waals surface area contributed by atoms with Crippen LogP contribution in [0.2, 0.25) is 0 Å². The number of benzene rings is 1. The number of hydrogen-bond acceptors (Lipinski definition) is 15. The number of carbonyl (C=O) groups is 4. The Kier molecular flexibility index (Phi) is 15.4. The second-order valence-corrected chi connectivity index (χ2v) is 21.5. The number of aryl methyl sites for hydroxylation is 1. The Labute approximate surface area is 421 Å². The highest BCUT2D eigenvalue weighted by Crippen LogP contribution is 2.37. The molecule has 1 aromatic carbocycles. The molecule has 7 heterocycles. The first-order chi connectivity index (χ1) is 34.0. The lowest BCUT2D eigenvalue weighted by atomic mass is 9.85. The number of unbranched alkanes of at least 4 members (excludes halogenated alkanes) is 1. The number of hydrogen-bond donors (Lipinski definition) is 4. The molecule has 0 radical (unpaired) electrons. The number of thiazole rings is 1. The third-order valence-corrected chi connectivity index (χ3v) is 14.9. The number of nitrogens with zero attached hydrogens (tertiary/aromatic N) is 10. The number of aliphatic hydroxyl groups is 1. The molecule has 0 spiro atoms. The minimum Gasteiger partial charge on any atom is -0.391 e. The van der Waals surface area contributed by atoms with Crippen molar-refractivity contribution in [1.29, 1.82) is 5.26 Å². The van der Waals surface area contributed by atoms with Crippen molar-refractivity contribution in [2.45, 2.75) is 111 Å². The summed E-state index contributed by atoms with van der Waals surface area (Å²) in [6, 6.07) is 15.6. The zero-order valence-electron chi connectivity index (χ0n) is 41.2. The molecule has 8 rings (SSSR count). The smallest absolute Gasteiger partial charge is 0.246 e. The van der Waals surface area contributed by atoms with E-state index in [2.05, 4.69) is 61.0 Å². The lowest BCUT2D eigenvalue weighted by Crippen LogP contribution is -2.57. The van der Waals surface area contributed by atoms with E-state index in [0.717, 1.165) is 49.3 Å². The van der Waals surface area contributed by atoms with Gasteiger partial charge in [-0.25, -0.2) is 9.50 Å². The van der Waals surface area contributed by atoms with Gasteiger partial charge in [-0.3, -0.25) is 24.2 Å². The van der Waals surface area contributed by atoms with Gasteiger partial charge < -0.3 is 35.8 Å². The monoisotopic (exact) mass is 999 g/mol. The first kappa shape index (κ1) is 50.6. The van der Waals surface area contributed by atoms with E-state index in [1.54, 1.807) is 28.1 Å². The molecule has 4 N–H and O–H groups in total. The molecule has 0 aliphatic carbocycles. The Bertz CT molecular complexity index is 2930. The molecule has 18 nitrogen and oxygen atoms in total. The van der Waals surface area contributed by atoms with E-state index in [4.69, 9.17) is 4.98 Å². The Balaban J connectivity index is 0.799. The maximum atomic E-state index is 14.2. The fourth-order valence-corrected chi connectivity index (χ4v) is 10.8. The van der Waals surface area contributed by atoms with E-state index in [9.17, 15) is 29.5 Å². The highest BCUT2D eigenvalue weighted by molar-refractivity contribution is 7.18. The quantitative estimate of drug-likeness (QED) is 0.0749. The standard InChI is InChI=1S/C51H61N13O5S2/c1-30(2)56-39-24-40(41-17-16-36-22-33(25-52)26-55-64(36)41)53-27-38(39)48-59-60-50(71-48)62-20-18-61(19-21-62)44(67)11-9-8-10-43(66)58-46(51(5,6)7)49(69)63-28-37(65)23-42(63)47(68)57-31(3)34-12-14-35(15-13-34)45-32(4)54-29-70-45/h12-17,22,24,26-27,29-31,37,42,46,65H,8-11,18-21,23,28H2,1-7H3,(H,53,56)(H,57,68)(H,58,66)/t31?,37-,42+,46?/m1/s1. The summed E-state index contributed by atoms with van der Waals surface area (Å²) in [5, 5.41) is 44.5. The maximum absolute atomic E-state index is 14.2. The first-order valence-corrected chi connectivity index (χ1v) is 25.8. The van der Waals surface area contributed by atoms with Gasteiger partial charge >= 0.3 is 0 Å². The summed E-state index contributed by atoms with van der Waals surface area (Å²) >= 11 is 3.04. The summed E-state index contributed by atoms with van der Waals surface area (Å²) in [5.41, 5.74) is 8.50. The molecule has 4 amide bonds. The van der Waals surface area contributed by atoms with Crippen LogP contribution < -0.4 is 20.9 Å². The molecule has 0 bridgehead atoms. The number of amides is 4. The van der Waals surface area contributed by atoms with E-state index >= 15 is 0 Å². The highest BCUT2D eigenvalue weighted by atomic mass is 32.1. The number of fused-ring (bicyclic) bond motifs is 1. The molecule has 2 aliphatic rings. The zero-order chi connectivity index (χ0) is 50.6. The lowest BCUT2D eigenvalue weighted by Gasteiger charge is -2.35. The number of aromatic nitrogens is 6. The Morgan fingerprint density at radius 2 is 1.68 bits per heavy atom. The van der Waals surface area contributed by atoms with Gasteiger partial charge in [-0.15, -0.1) is 21.5 Å². The van der Waals surface area contributed by atoms with Crippen LogP contribution in [0.1, 0.15) is 96.5 Å². The van der Waals surface area contributed by atoms with Crippen LogP contribution in [-0.2, 0) is 19.2 Å². The number of carbonyl (C=O) groups excluding carboxylic acids is 4. The summed E-state index contributed by atoms with van der Waals surface area (Å²) in [7, 11) is 0. The van der Waals surface area contributed by atoms with Crippen molar-refractivity contribution in [2.24, 2.45) is 5.41 Å². The van der Waals surface area contributed by atoms with E-state index in [1.165, 1.54) is 22.4 Å². The summed E-state index contributed by atoms with van der Waals surface area (Å²) in [5.74, 6) is -1.08. The highest BCUT2D eigenvalue weighted by Gasteiger charge is 2.44. The minimum atomic E-state index is -0.941. The van der Waals surface area contributed by atoms with Crippen LogP contribution in [0.3, 0.4) is 0 Å². The van der Waals surface area contributed by atoms with Gasteiger partial charge in [0.05, 0.1) is 62.5 Å². The molecular weight excluding hydrogens is 939 g/mol. The molecule has 4 atom stereocenters. The van der Waals surface area contributed by atoms with Crippen LogP contribution in [0.4, 0.5) is 10.8 Å². The van der Waals surface area contributed by atoms with Crippen LogP contribution >= 0.6 is 22.7 Å². The van der Waals surface area contributed by atoms with Crippen molar-refractivity contribution in [3.63, 3.8) is 0 Å². The third kappa shape index (κ3) is 11.7. The maximum Gasteiger partial charge on any atom is 0.246 e. The van der Waals surface area contributed by atoms with Gasteiger partial charge in [0, 0.05) is 69.9 Å². The van der Waals surface area contributed by atoms with Crippen LogP contribution in [0.15, 0.2) is 66.4 Å². The molecule has 71 heavy (non-hydrogen) atoms. The SMILES string of the molecule is Cc1ncsc1-c1ccc(C(C)NC(=O)[C@@H]2C[C@@H](O)CN2C(=O)C(NC(=O)CCCCC(=O)N2CCN(c3nnc(-c4cnc(-c5ccc6cc(C#N)cnn56)cc4NC(C)C)s3)CC2)C(C)(C)C)cc1. The molecule has 2 unspecified atom stereocenters. The number of nitrogens with one attached hydrogen (secondary N) is 3. The number of aliphatic hydroxyl groups excluding tert-OH is 1. The summed E-state index contributed by atoms with van der Waals surface area (Å²) in [4.78, 5) is 70.2. The second-order valence-electron chi connectivity index (χ2n) is 19.7. The van der Waals surface area contributed by atoms with Crippen molar-refractivity contribution in [3.8, 4) is 38.5 Å². The predicted molar refractivity (Wildman–Crippen MR) is 274 cm³/mol. The number of β-amino-alcohol motifs (C(OH)–C–C–N with tert-alkyl or cyclic N) is 1. The average molecular weight is 1000 g/mol. The fourth-order valence-electron chi connectivity index (χ4n) is 9.02.